The lowest BCUT2D eigenvalue weighted by atomic mass is 9.97. The van der Waals surface area contributed by atoms with Gasteiger partial charge in [0, 0.05) is 13.1 Å². The fraction of sp³-hybridized carbons (Fsp3) is 0.556. The summed E-state index contributed by atoms with van der Waals surface area (Å²) in [6.45, 7) is 5.51. The molecule has 1 fully saturated rings. The molecule has 1 aliphatic carbocycles. The van der Waals surface area contributed by atoms with Crippen molar-refractivity contribution in [1.82, 2.24) is 30.4 Å². The van der Waals surface area contributed by atoms with Crippen molar-refractivity contribution in [2.24, 2.45) is 0 Å². The van der Waals surface area contributed by atoms with Crippen molar-refractivity contribution in [2.45, 2.75) is 58.2 Å². The van der Waals surface area contributed by atoms with Gasteiger partial charge in [0.15, 0.2) is 5.82 Å². The summed E-state index contributed by atoms with van der Waals surface area (Å²) in [5.41, 5.74) is 3.97. The van der Waals surface area contributed by atoms with Crippen LogP contribution in [0.5, 0.6) is 0 Å². The Hall–Kier alpha value is -2.44. The Morgan fingerprint density at radius 1 is 1.36 bits per heavy atom. The van der Waals surface area contributed by atoms with Crippen molar-refractivity contribution in [3.8, 4) is 0 Å². The molecule has 132 valence electrons. The number of nitrogens with one attached hydrogen (secondary N) is 1. The van der Waals surface area contributed by atoms with Crippen LogP contribution in [0.15, 0.2) is 18.2 Å². The van der Waals surface area contributed by atoms with E-state index in [0.717, 1.165) is 38.1 Å². The maximum Gasteiger partial charge on any atom is 0.318 e. The average molecular weight is 340 g/mol. The highest BCUT2D eigenvalue weighted by molar-refractivity contribution is 5.75. The molecular formula is C18H24N6O. The summed E-state index contributed by atoms with van der Waals surface area (Å²) >= 11 is 0. The third-order valence-electron chi connectivity index (χ3n) is 5.12. The molecule has 1 N–H and O–H groups in total. The van der Waals surface area contributed by atoms with Crippen molar-refractivity contribution in [3.63, 3.8) is 0 Å². The third kappa shape index (κ3) is 3.23. The lowest BCUT2D eigenvalue weighted by Gasteiger charge is -2.30. The zero-order valence-corrected chi connectivity index (χ0v) is 14.8. The lowest BCUT2D eigenvalue weighted by molar-refractivity contribution is 0.188. The molecule has 1 aromatic heterocycles. The minimum absolute atomic E-state index is 0.0527. The number of carbonyl (C=O) groups is 1. The number of aromatic nitrogens is 4. The molecule has 0 saturated heterocycles. The van der Waals surface area contributed by atoms with Crippen molar-refractivity contribution in [3.05, 3.63) is 40.7 Å². The summed E-state index contributed by atoms with van der Waals surface area (Å²) in [6, 6.07) is 6.74. The Bertz CT molecular complexity index is 782. The van der Waals surface area contributed by atoms with E-state index in [9.17, 15) is 4.79 Å². The lowest BCUT2D eigenvalue weighted by Crippen LogP contribution is -2.44. The van der Waals surface area contributed by atoms with Crippen molar-refractivity contribution < 1.29 is 4.79 Å². The number of tetrazole rings is 1. The Kier molecular flexibility index (Phi) is 4.15. The molecule has 1 saturated carbocycles. The van der Waals surface area contributed by atoms with E-state index in [1.807, 2.05) is 16.5 Å². The molecule has 1 atom stereocenters. The van der Waals surface area contributed by atoms with Gasteiger partial charge in [-0.3, -0.25) is 0 Å². The normalized spacial score (nSPS) is 17.9. The number of carbonyl (C=O) groups excluding carboxylic acids is 1. The van der Waals surface area contributed by atoms with E-state index >= 15 is 0 Å². The number of hydrogen-bond acceptors (Lipinski definition) is 4. The van der Waals surface area contributed by atoms with Crippen LogP contribution in [0, 0.1) is 0 Å². The summed E-state index contributed by atoms with van der Waals surface area (Å²) in [6.07, 6.45) is 4.18. The monoisotopic (exact) mass is 340 g/mol. The first-order chi connectivity index (χ1) is 12.2. The maximum absolute atomic E-state index is 12.7. The fourth-order valence-corrected chi connectivity index (χ4v) is 3.41. The zero-order valence-electron chi connectivity index (χ0n) is 14.8. The quantitative estimate of drug-likeness (QED) is 0.927. The standard InChI is InChI=1S/C18H24N6O/c1-3-13-4-5-15-11-23(9-8-14(15)10-13)18(25)19-12(2)17-20-21-22-24(17)16-6-7-16/h4-5,10,12,16H,3,6-9,11H2,1-2H3,(H,19,25). The van der Waals surface area contributed by atoms with Crippen LogP contribution in [0.4, 0.5) is 4.79 Å². The molecule has 4 rings (SSSR count). The van der Waals surface area contributed by atoms with E-state index in [2.05, 4.69) is 46.0 Å². The van der Waals surface area contributed by atoms with Gasteiger partial charge in [-0.05, 0) is 59.7 Å². The number of urea groups is 1. The molecular weight excluding hydrogens is 316 g/mol. The number of benzene rings is 1. The highest BCUT2D eigenvalue weighted by Crippen LogP contribution is 2.35. The Balaban J connectivity index is 1.42. The van der Waals surface area contributed by atoms with E-state index in [1.54, 1.807) is 0 Å². The molecule has 7 heteroatoms. The number of aryl methyl sites for hydroxylation is 1. The van der Waals surface area contributed by atoms with Gasteiger partial charge in [-0.2, -0.15) is 0 Å². The number of fused-ring (bicyclic) bond motifs is 1. The minimum atomic E-state index is -0.202. The van der Waals surface area contributed by atoms with Gasteiger partial charge in [0.1, 0.15) is 0 Å². The van der Waals surface area contributed by atoms with Gasteiger partial charge in [-0.15, -0.1) is 5.10 Å². The number of rotatable bonds is 4. The third-order valence-corrected chi connectivity index (χ3v) is 5.12. The molecule has 1 aromatic carbocycles. The van der Waals surface area contributed by atoms with Crippen LogP contribution >= 0.6 is 0 Å². The second-order valence-electron chi connectivity index (χ2n) is 7.01. The number of nitrogens with zero attached hydrogens (tertiary/aromatic N) is 5. The smallest absolute Gasteiger partial charge is 0.318 e. The van der Waals surface area contributed by atoms with Gasteiger partial charge in [-0.25, -0.2) is 9.48 Å². The van der Waals surface area contributed by atoms with Crippen LogP contribution in [-0.2, 0) is 19.4 Å². The molecule has 0 radical (unpaired) electrons. The van der Waals surface area contributed by atoms with Gasteiger partial charge in [-0.1, -0.05) is 25.1 Å². The molecule has 7 nitrogen and oxygen atoms in total. The first-order valence-electron chi connectivity index (χ1n) is 9.09. The minimum Gasteiger partial charge on any atom is -0.328 e. The first-order valence-corrected chi connectivity index (χ1v) is 9.09. The molecule has 0 spiro atoms. The second-order valence-corrected chi connectivity index (χ2v) is 7.01. The van der Waals surface area contributed by atoms with Crippen LogP contribution in [0.3, 0.4) is 0 Å². The summed E-state index contributed by atoms with van der Waals surface area (Å²) in [4.78, 5) is 14.5. The highest BCUT2D eigenvalue weighted by Gasteiger charge is 2.30. The maximum atomic E-state index is 12.7. The van der Waals surface area contributed by atoms with Gasteiger partial charge in [0.25, 0.3) is 0 Å². The molecule has 2 aliphatic rings. The molecule has 0 bridgehead atoms. The van der Waals surface area contributed by atoms with Gasteiger partial charge in [0.2, 0.25) is 0 Å². The van der Waals surface area contributed by atoms with Crippen LogP contribution < -0.4 is 5.32 Å². The van der Waals surface area contributed by atoms with Crippen LogP contribution in [0.25, 0.3) is 0 Å². The van der Waals surface area contributed by atoms with Crippen LogP contribution in [0.1, 0.15) is 61.3 Å². The number of hydrogen-bond donors (Lipinski definition) is 1. The van der Waals surface area contributed by atoms with E-state index in [-0.39, 0.29) is 12.1 Å². The molecule has 2 amide bonds. The Morgan fingerprint density at radius 3 is 2.96 bits per heavy atom. The Morgan fingerprint density at radius 2 is 2.20 bits per heavy atom. The summed E-state index contributed by atoms with van der Waals surface area (Å²) in [7, 11) is 0. The molecule has 25 heavy (non-hydrogen) atoms. The molecule has 2 heterocycles. The van der Waals surface area contributed by atoms with Crippen LogP contribution in [-0.4, -0.2) is 37.7 Å². The van der Waals surface area contributed by atoms with Gasteiger partial charge >= 0.3 is 6.03 Å². The fourth-order valence-electron chi connectivity index (χ4n) is 3.41. The molecule has 1 unspecified atom stereocenters. The van der Waals surface area contributed by atoms with E-state index in [4.69, 9.17) is 0 Å². The first kappa shape index (κ1) is 16.1. The SMILES string of the molecule is CCc1ccc2c(c1)CCN(C(=O)NC(C)c1nnnn1C1CC1)C2. The van der Waals surface area contributed by atoms with Crippen LogP contribution in [0.2, 0.25) is 0 Å². The number of amides is 2. The van der Waals surface area contributed by atoms with E-state index < -0.39 is 0 Å². The average Bonchev–Trinajstić information content (AvgIpc) is 3.36. The predicted molar refractivity (Wildman–Crippen MR) is 93.0 cm³/mol. The largest absolute Gasteiger partial charge is 0.328 e. The van der Waals surface area contributed by atoms with Crippen molar-refractivity contribution >= 4 is 6.03 Å². The topological polar surface area (TPSA) is 75.9 Å². The Labute approximate surface area is 147 Å². The summed E-state index contributed by atoms with van der Waals surface area (Å²) in [5.74, 6) is 0.737. The van der Waals surface area contributed by atoms with Crippen molar-refractivity contribution in [1.29, 1.82) is 0 Å². The zero-order chi connectivity index (χ0) is 17.4. The molecule has 2 aromatic rings. The van der Waals surface area contributed by atoms with Gasteiger partial charge in [0.05, 0.1) is 12.1 Å². The summed E-state index contributed by atoms with van der Waals surface area (Å²) < 4.78 is 1.85. The van der Waals surface area contributed by atoms with E-state index in [1.165, 1.54) is 16.7 Å². The van der Waals surface area contributed by atoms with Gasteiger partial charge < -0.3 is 10.2 Å². The van der Waals surface area contributed by atoms with E-state index in [0.29, 0.717) is 12.6 Å². The highest BCUT2D eigenvalue weighted by atomic mass is 16.2. The van der Waals surface area contributed by atoms with Crippen molar-refractivity contribution in [2.75, 3.05) is 6.54 Å². The predicted octanol–water partition coefficient (Wildman–Crippen LogP) is 2.40. The summed E-state index contributed by atoms with van der Waals surface area (Å²) in [5, 5.41) is 15.0. The molecule has 1 aliphatic heterocycles. The second kappa shape index (κ2) is 6.46.